The first-order chi connectivity index (χ1) is 41.9. The van der Waals surface area contributed by atoms with Gasteiger partial charge in [0.2, 0.25) is 5.95 Å². The summed E-state index contributed by atoms with van der Waals surface area (Å²) >= 11 is 1.88. The summed E-state index contributed by atoms with van der Waals surface area (Å²) in [6.07, 6.45) is 0. The number of nitrogens with zero attached hydrogens (tertiary/aromatic N) is 6. The molecule has 12 aromatic carbocycles. The Hall–Kier alpha value is -10.7. The van der Waals surface area contributed by atoms with Crippen molar-refractivity contribution in [3.63, 3.8) is 0 Å². The molecule has 0 spiro atoms. The van der Waals surface area contributed by atoms with Crippen molar-refractivity contribution in [3.05, 3.63) is 278 Å². The molecular weight excluding hydrogens is 1050 g/mol. The predicted octanol–water partition coefficient (Wildman–Crippen LogP) is 20.5. The molecule has 0 atom stereocenters. The van der Waals surface area contributed by atoms with Crippen molar-refractivity contribution in [1.29, 1.82) is 0 Å². The first kappa shape index (κ1) is 47.9. The molecule has 1 aliphatic carbocycles. The quantitative estimate of drug-likeness (QED) is 0.160. The monoisotopic (exact) mass is 1100 g/mol. The normalized spacial score (nSPS) is 12.9. The zero-order valence-electron chi connectivity index (χ0n) is 46.5. The molecule has 0 unspecified atom stereocenters. The second-order valence-electron chi connectivity index (χ2n) is 23.2. The maximum atomic E-state index is 5.35. The summed E-state index contributed by atoms with van der Waals surface area (Å²) in [7, 11) is 0. The molecule has 0 aliphatic heterocycles. The van der Waals surface area contributed by atoms with E-state index in [-0.39, 0.29) is 5.41 Å². The fourth-order valence-electron chi connectivity index (χ4n) is 14.0. The summed E-state index contributed by atoms with van der Waals surface area (Å²) in [6, 6.07) is 97.5. The van der Waals surface area contributed by atoms with Crippen LogP contribution in [0.25, 0.3) is 159 Å². The summed E-state index contributed by atoms with van der Waals surface area (Å²) in [5, 5.41) is 9.70. The van der Waals surface area contributed by atoms with Crippen LogP contribution in [-0.4, -0.2) is 28.7 Å². The summed E-state index contributed by atoms with van der Waals surface area (Å²) in [4.78, 5) is 15.8. The molecule has 0 amide bonds. The third-order valence-corrected chi connectivity index (χ3v) is 19.2. The van der Waals surface area contributed by atoms with Gasteiger partial charge in [0.25, 0.3) is 0 Å². The molecule has 7 heteroatoms. The average Bonchev–Trinajstić information content (AvgIpc) is 1.72. The number of rotatable bonds is 7. The first-order valence-corrected chi connectivity index (χ1v) is 29.9. The number of benzene rings is 12. The van der Waals surface area contributed by atoms with Crippen LogP contribution in [0.1, 0.15) is 25.0 Å². The van der Waals surface area contributed by atoms with E-state index in [4.69, 9.17) is 15.0 Å². The molecule has 1 aliphatic rings. The van der Waals surface area contributed by atoms with E-state index < -0.39 is 0 Å². The predicted molar refractivity (Wildman–Crippen MR) is 355 cm³/mol. The van der Waals surface area contributed by atoms with Gasteiger partial charge in [-0.25, -0.2) is 4.98 Å². The molecule has 17 aromatic rings. The zero-order valence-corrected chi connectivity index (χ0v) is 47.3. The van der Waals surface area contributed by atoms with E-state index in [0.717, 1.165) is 71.9 Å². The van der Waals surface area contributed by atoms with Gasteiger partial charge in [-0.1, -0.05) is 184 Å². The van der Waals surface area contributed by atoms with Gasteiger partial charge in [-0.15, -0.1) is 11.3 Å². The minimum absolute atomic E-state index is 0.188. The lowest BCUT2D eigenvalue weighted by molar-refractivity contribution is 0.660. The van der Waals surface area contributed by atoms with Gasteiger partial charge in [0, 0.05) is 80.4 Å². The van der Waals surface area contributed by atoms with Gasteiger partial charge in [-0.3, -0.25) is 4.57 Å². The summed E-state index contributed by atoms with van der Waals surface area (Å²) in [5.74, 6) is 1.80. The van der Waals surface area contributed by atoms with Crippen LogP contribution in [0.2, 0.25) is 0 Å². The number of aromatic nitrogens is 6. The van der Waals surface area contributed by atoms with Gasteiger partial charge < -0.3 is 9.13 Å². The number of hydrogen-bond donors (Lipinski definition) is 0. The maximum Gasteiger partial charge on any atom is 0.238 e. The van der Waals surface area contributed by atoms with Crippen LogP contribution in [0.3, 0.4) is 0 Å². The standard InChI is InChI=1S/C78H50N6S/c1-78(2)65-35-31-49(51-33-37-68-60(42-51)63-46-74-64(56-28-16-18-30-73(56)85-74)45-71(63)83(68)54-25-13-6-14-26-54)39-57(65)58-40-50(32-36-66(58)78)52-34-38-69-59(41-52)62-44-70-61(55-27-15-17-29-67(55)82(70)53-23-11-5-12-24-53)43-72(62)84(69)77-80-75(47-19-7-3-8-20-47)79-76(81-77)48-21-9-4-10-22-48/h3-46H,1-2H3. The minimum Gasteiger partial charge on any atom is -0.309 e. The number of para-hydroxylation sites is 3. The van der Waals surface area contributed by atoms with E-state index in [1.54, 1.807) is 0 Å². The van der Waals surface area contributed by atoms with E-state index in [2.05, 4.69) is 258 Å². The highest BCUT2D eigenvalue weighted by molar-refractivity contribution is 7.25. The molecular formula is C78H50N6S. The molecule has 18 rings (SSSR count). The van der Waals surface area contributed by atoms with Crippen molar-refractivity contribution < 1.29 is 0 Å². The maximum absolute atomic E-state index is 5.35. The van der Waals surface area contributed by atoms with Gasteiger partial charge in [0.05, 0.1) is 33.1 Å². The Morgan fingerprint density at radius 2 is 0.694 bits per heavy atom. The van der Waals surface area contributed by atoms with Gasteiger partial charge in [-0.2, -0.15) is 9.97 Å². The number of hydrogen-bond acceptors (Lipinski definition) is 4. The van der Waals surface area contributed by atoms with Crippen LogP contribution < -0.4 is 0 Å². The second-order valence-corrected chi connectivity index (χ2v) is 24.3. The van der Waals surface area contributed by atoms with E-state index in [0.29, 0.717) is 17.6 Å². The zero-order chi connectivity index (χ0) is 56.1. The first-order valence-electron chi connectivity index (χ1n) is 29.1. The van der Waals surface area contributed by atoms with Crippen molar-refractivity contribution in [2.45, 2.75) is 19.3 Å². The van der Waals surface area contributed by atoms with Crippen molar-refractivity contribution in [3.8, 4) is 73.5 Å². The highest BCUT2D eigenvalue weighted by Gasteiger charge is 2.36. The Labute approximate surface area is 493 Å². The van der Waals surface area contributed by atoms with Crippen molar-refractivity contribution >= 4 is 96.9 Å². The number of thiophene rings is 1. The topological polar surface area (TPSA) is 53.5 Å². The minimum atomic E-state index is -0.188. The summed E-state index contributed by atoms with van der Waals surface area (Å²) in [6.45, 7) is 4.75. The van der Waals surface area contributed by atoms with E-state index in [1.807, 2.05) is 47.7 Å². The van der Waals surface area contributed by atoms with Crippen LogP contribution in [0.5, 0.6) is 0 Å². The fraction of sp³-hybridized carbons (Fsp3) is 0.0385. The van der Waals surface area contributed by atoms with Crippen LogP contribution in [0.4, 0.5) is 0 Å². The van der Waals surface area contributed by atoms with E-state index in [9.17, 15) is 0 Å². The Morgan fingerprint density at radius 1 is 0.282 bits per heavy atom. The largest absolute Gasteiger partial charge is 0.309 e. The van der Waals surface area contributed by atoms with Crippen LogP contribution in [-0.2, 0) is 5.41 Å². The Balaban J connectivity index is 0.818. The Morgan fingerprint density at radius 3 is 1.27 bits per heavy atom. The summed E-state index contributed by atoms with van der Waals surface area (Å²) in [5.41, 5.74) is 20.6. The van der Waals surface area contributed by atoms with Crippen molar-refractivity contribution in [1.82, 2.24) is 28.7 Å². The third kappa shape index (κ3) is 7.21. The average molecular weight is 1100 g/mol. The molecule has 0 bridgehead atoms. The fourth-order valence-corrected chi connectivity index (χ4v) is 15.2. The van der Waals surface area contributed by atoms with E-state index in [1.165, 1.54) is 80.7 Å². The van der Waals surface area contributed by atoms with Gasteiger partial charge >= 0.3 is 0 Å². The molecule has 0 N–H and O–H groups in total. The number of fused-ring (bicyclic) bond motifs is 15. The molecule has 0 saturated heterocycles. The van der Waals surface area contributed by atoms with E-state index >= 15 is 0 Å². The highest BCUT2D eigenvalue weighted by atomic mass is 32.1. The van der Waals surface area contributed by atoms with Crippen LogP contribution >= 0.6 is 11.3 Å². The lowest BCUT2D eigenvalue weighted by atomic mass is 9.82. The smallest absolute Gasteiger partial charge is 0.238 e. The van der Waals surface area contributed by atoms with Gasteiger partial charge in [0.15, 0.2) is 11.6 Å². The van der Waals surface area contributed by atoms with Crippen LogP contribution in [0.15, 0.2) is 267 Å². The Bertz CT molecular complexity index is 5560. The molecule has 0 radical (unpaired) electrons. The lowest BCUT2D eigenvalue weighted by Crippen LogP contribution is -2.14. The molecule has 0 fully saturated rings. The molecule has 0 saturated carbocycles. The second kappa shape index (κ2) is 18.1. The SMILES string of the molecule is CC1(C)c2ccc(-c3ccc4c(c3)c3cc5sc6ccccc6c5cc3n4-c3ccccc3)cc2-c2cc(-c3ccc4c(c3)c3cc5c(cc3n4-c3nc(-c4ccccc4)nc(-c4ccccc4)n3)c3ccccc3n5-c3ccccc3)ccc21. The molecule has 85 heavy (non-hydrogen) atoms. The van der Waals surface area contributed by atoms with Gasteiger partial charge in [0.1, 0.15) is 0 Å². The third-order valence-electron chi connectivity index (χ3n) is 18.1. The van der Waals surface area contributed by atoms with Gasteiger partial charge in [-0.05, 0) is 142 Å². The highest BCUT2D eigenvalue weighted by Crippen LogP contribution is 2.52. The van der Waals surface area contributed by atoms with Crippen molar-refractivity contribution in [2.75, 3.05) is 0 Å². The molecule has 5 aromatic heterocycles. The van der Waals surface area contributed by atoms with Crippen molar-refractivity contribution in [2.24, 2.45) is 0 Å². The molecule has 5 heterocycles. The molecule has 398 valence electrons. The Kier molecular flexibility index (Phi) is 10.2. The summed E-state index contributed by atoms with van der Waals surface area (Å²) < 4.78 is 9.73. The van der Waals surface area contributed by atoms with Crippen LogP contribution in [0, 0.1) is 0 Å². The molecule has 6 nitrogen and oxygen atoms in total. The lowest BCUT2D eigenvalue weighted by Gasteiger charge is -2.21.